The van der Waals surface area contributed by atoms with Crippen LogP contribution in [0.25, 0.3) is 0 Å². The first-order valence-corrected chi connectivity index (χ1v) is 6.70. The lowest BCUT2D eigenvalue weighted by Gasteiger charge is -2.29. The molecular weight excluding hydrogens is 279 g/mol. The third-order valence-electron chi connectivity index (χ3n) is 3.35. The Kier molecular flexibility index (Phi) is 3.40. The lowest BCUT2D eigenvalue weighted by Crippen LogP contribution is -2.34. The van der Waals surface area contributed by atoms with Crippen molar-refractivity contribution >= 4 is 23.2 Å². The van der Waals surface area contributed by atoms with Gasteiger partial charge in [-0.05, 0) is 36.2 Å². The molecule has 0 saturated carbocycles. The Labute approximate surface area is 121 Å². The van der Waals surface area contributed by atoms with Crippen LogP contribution in [0.4, 0.5) is 10.1 Å². The lowest BCUT2D eigenvalue weighted by molar-refractivity contribution is -0.119. The SMILES string of the molecule is O=C1CCc2ccc(F)cc2N1Cc1cc(Cl)ccn1. The van der Waals surface area contributed by atoms with Gasteiger partial charge in [0.25, 0.3) is 0 Å². The highest BCUT2D eigenvalue weighted by Crippen LogP contribution is 2.29. The standard InChI is InChI=1S/C15H12ClFN2O/c16-11-5-6-18-13(7-11)9-19-14-8-12(17)3-1-10(14)2-4-15(19)20/h1,3,5-8H,2,4,9H2. The van der Waals surface area contributed by atoms with Gasteiger partial charge >= 0.3 is 0 Å². The number of halogens is 2. The van der Waals surface area contributed by atoms with Gasteiger partial charge in [0.2, 0.25) is 5.91 Å². The fourth-order valence-corrected chi connectivity index (χ4v) is 2.56. The minimum absolute atomic E-state index is 0.0233. The second-order valence-electron chi connectivity index (χ2n) is 4.72. The van der Waals surface area contributed by atoms with E-state index in [9.17, 15) is 9.18 Å². The van der Waals surface area contributed by atoms with Crippen molar-refractivity contribution in [1.82, 2.24) is 4.98 Å². The average molecular weight is 291 g/mol. The van der Waals surface area contributed by atoms with Crippen LogP contribution in [0, 0.1) is 5.82 Å². The van der Waals surface area contributed by atoms with Gasteiger partial charge in [-0.2, -0.15) is 0 Å². The van der Waals surface area contributed by atoms with Crippen molar-refractivity contribution in [3.8, 4) is 0 Å². The van der Waals surface area contributed by atoms with Gasteiger partial charge in [0, 0.05) is 17.6 Å². The van der Waals surface area contributed by atoms with Crippen LogP contribution < -0.4 is 4.90 Å². The summed E-state index contributed by atoms with van der Waals surface area (Å²) in [6.45, 7) is 0.301. The molecule has 2 heterocycles. The predicted octanol–water partition coefficient (Wildman–Crippen LogP) is 3.35. The van der Waals surface area contributed by atoms with E-state index in [4.69, 9.17) is 11.6 Å². The Morgan fingerprint density at radius 2 is 2.10 bits per heavy atom. The highest BCUT2D eigenvalue weighted by atomic mass is 35.5. The summed E-state index contributed by atoms with van der Waals surface area (Å²) in [5, 5.41) is 0.568. The number of aromatic nitrogens is 1. The van der Waals surface area contributed by atoms with Crippen LogP contribution in [0.2, 0.25) is 5.02 Å². The molecule has 0 fully saturated rings. The molecule has 0 bridgehead atoms. The van der Waals surface area contributed by atoms with Gasteiger partial charge in [-0.1, -0.05) is 17.7 Å². The Balaban J connectivity index is 1.97. The molecule has 0 unspecified atom stereocenters. The second kappa shape index (κ2) is 5.21. The largest absolute Gasteiger partial charge is 0.306 e. The van der Waals surface area contributed by atoms with Crippen LogP contribution in [0.1, 0.15) is 17.7 Å². The molecule has 0 spiro atoms. The third-order valence-corrected chi connectivity index (χ3v) is 3.58. The molecule has 20 heavy (non-hydrogen) atoms. The molecule has 0 atom stereocenters. The van der Waals surface area contributed by atoms with Crippen LogP contribution in [0.5, 0.6) is 0 Å². The minimum Gasteiger partial charge on any atom is -0.306 e. The zero-order valence-corrected chi connectivity index (χ0v) is 11.4. The molecule has 2 aromatic rings. The molecule has 0 N–H and O–H groups in total. The number of pyridine rings is 1. The van der Waals surface area contributed by atoms with E-state index in [1.807, 2.05) is 0 Å². The second-order valence-corrected chi connectivity index (χ2v) is 5.15. The zero-order chi connectivity index (χ0) is 14.1. The maximum atomic E-state index is 13.4. The van der Waals surface area contributed by atoms with E-state index in [-0.39, 0.29) is 11.7 Å². The summed E-state index contributed by atoms with van der Waals surface area (Å²) in [5.74, 6) is -0.368. The number of carbonyl (C=O) groups is 1. The van der Waals surface area contributed by atoms with Crippen molar-refractivity contribution in [2.45, 2.75) is 19.4 Å². The molecule has 102 valence electrons. The summed E-state index contributed by atoms with van der Waals surface area (Å²) < 4.78 is 13.4. The molecule has 0 aliphatic carbocycles. The van der Waals surface area contributed by atoms with Crippen molar-refractivity contribution in [2.24, 2.45) is 0 Å². The van der Waals surface area contributed by atoms with E-state index in [1.54, 1.807) is 29.3 Å². The quantitative estimate of drug-likeness (QED) is 0.850. The molecule has 1 aromatic carbocycles. The normalized spacial score (nSPS) is 14.3. The molecule has 1 aliphatic heterocycles. The molecule has 5 heteroatoms. The van der Waals surface area contributed by atoms with Gasteiger partial charge in [0.05, 0.1) is 17.9 Å². The van der Waals surface area contributed by atoms with E-state index in [0.29, 0.717) is 35.8 Å². The Hall–Kier alpha value is -1.94. The van der Waals surface area contributed by atoms with E-state index in [0.717, 1.165) is 5.56 Å². The summed E-state index contributed by atoms with van der Waals surface area (Å²) in [7, 11) is 0. The Morgan fingerprint density at radius 1 is 1.25 bits per heavy atom. The minimum atomic E-state index is -0.345. The molecule has 3 nitrogen and oxygen atoms in total. The summed E-state index contributed by atoms with van der Waals surface area (Å²) >= 11 is 5.92. The van der Waals surface area contributed by atoms with E-state index in [2.05, 4.69) is 4.98 Å². The molecule has 3 rings (SSSR count). The highest BCUT2D eigenvalue weighted by Gasteiger charge is 2.25. The summed E-state index contributed by atoms with van der Waals surface area (Å²) in [6.07, 6.45) is 2.67. The fraction of sp³-hybridized carbons (Fsp3) is 0.200. The van der Waals surface area contributed by atoms with Gasteiger partial charge in [0.1, 0.15) is 5.82 Å². The molecule has 1 aliphatic rings. The molecule has 0 saturated heterocycles. The zero-order valence-electron chi connectivity index (χ0n) is 10.6. The first kappa shape index (κ1) is 13.1. The topological polar surface area (TPSA) is 33.2 Å². The number of aryl methyl sites for hydroxylation is 1. The number of fused-ring (bicyclic) bond motifs is 1. The van der Waals surface area contributed by atoms with E-state index in [1.165, 1.54) is 12.1 Å². The first-order valence-electron chi connectivity index (χ1n) is 6.33. The van der Waals surface area contributed by atoms with Crippen molar-refractivity contribution in [3.63, 3.8) is 0 Å². The van der Waals surface area contributed by atoms with Crippen molar-refractivity contribution in [2.75, 3.05) is 4.90 Å². The lowest BCUT2D eigenvalue weighted by atomic mass is 10.0. The van der Waals surface area contributed by atoms with Gasteiger partial charge < -0.3 is 4.90 Å². The number of rotatable bonds is 2. The summed E-state index contributed by atoms with van der Waals surface area (Å²) in [6, 6.07) is 7.94. The maximum absolute atomic E-state index is 13.4. The molecule has 0 radical (unpaired) electrons. The Morgan fingerprint density at radius 3 is 2.90 bits per heavy atom. The summed E-state index contributed by atoms with van der Waals surface area (Å²) in [5.41, 5.74) is 2.29. The fourth-order valence-electron chi connectivity index (χ4n) is 2.38. The van der Waals surface area contributed by atoms with Crippen LogP contribution in [-0.2, 0) is 17.8 Å². The van der Waals surface area contributed by atoms with Gasteiger partial charge in [-0.3, -0.25) is 9.78 Å². The van der Waals surface area contributed by atoms with Gasteiger partial charge in [-0.25, -0.2) is 4.39 Å². The van der Waals surface area contributed by atoms with Gasteiger partial charge in [0.15, 0.2) is 0 Å². The van der Waals surface area contributed by atoms with Crippen LogP contribution in [0.3, 0.4) is 0 Å². The molecular formula is C15H12ClFN2O. The molecule has 1 amide bonds. The molecule has 1 aromatic heterocycles. The maximum Gasteiger partial charge on any atom is 0.227 e. The van der Waals surface area contributed by atoms with Crippen molar-refractivity contribution in [3.05, 3.63) is 58.6 Å². The predicted molar refractivity (Wildman–Crippen MR) is 75.2 cm³/mol. The van der Waals surface area contributed by atoms with E-state index >= 15 is 0 Å². The Bertz CT molecular complexity index is 675. The number of carbonyl (C=O) groups excluding carboxylic acids is 1. The third kappa shape index (κ3) is 2.51. The average Bonchev–Trinajstić information content (AvgIpc) is 2.42. The van der Waals surface area contributed by atoms with Crippen molar-refractivity contribution < 1.29 is 9.18 Å². The first-order chi connectivity index (χ1) is 9.63. The monoisotopic (exact) mass is 290 g/mol. The number of hydrogen-bond donors (Lipinski definition) is 0. The van der Waals surface area contributed by atoms with E-state index < -0.39 is 0 Å². The van der Waals surface area contributed by atoms with Crippen LogP contribution in [0.15, 0.2) is 36.5 Å². The number of anilines is 1. The van der Waals surface area contributed by atoms with Crippen LogP contribution >= 0.6 is 11.6 Å². The number of benzene rings is 1. The smallest absolute Gasteiger partial charge is 0.227 e. The number of amides is 1. The number of hydrogen-bond acceptors (Lipinski definition) is 2. The van der Waals surface area contributed by atoms with Crippen molar-refractivity contribution in [1.29, 1.82) is 0 Å². The van der Waals surface area contributed by atoms with Gasteiger partial charge in [-0.15, -0.1) is 0 Å². The van der Waals surface area contributed by atoms with Crippen LogP contribution in [-0.4, -0.2) is 10.9 Å². The number of nitrogens with zero attached hydrogens (tertiary/aromatic N) is 2. The summed E-state index contributed by atoms with van der Waals surface area (Å²) in [4.78, 5) is 17.9. The highest BCUT2D eigenvalue weighted by molar-refractivity contribution is 6.30.